The number of aliphatic hydroxyl groups is 1. The maximum Gasteiger partial charge on any atom is 0.0564 e. The van der Waals surface area contributed by atoms with Crippen LogP contribution in [0.4, 0.5) is 0 Å². The van der Waals surface area contributed by atoms with Gasteiger partial charge in [0.1, 0.15) is 0 Å². The van der Waals surface area contributed by atoms with E-state index in [9.17, 15) is 0 Å². The Balaban J connectivity index is 2.13. The van der Waals surface area contributed by atoms with Crippen molar-refractivity contribution in [2.75, 3.05) is 25.0 Å². The molecule has 0 aromatic carbocycles. The Morgan fingerprint density at radius 3 is 2.50 bits per heavy atom. The van der Waals surface area contributed by atoms with Crippen LogP contribution >= 0.6 is 15.9 Å². The second-order valence-electron chi connectivity index (χ2n) is 2.76. The quantitative estimate of drug-likeness (QED) is 0.679. The Kier molecular flexibility index (Phi) is 3.66. The highest BCUT2D eigenvalue weighted by Crippen LogP contribution is 2.09. The number of rotatable bonds is 2. The van der Waals surface area contributed by atoms with E-state index in [1.54, 1.807) is 0 Å². The molecule has 1 fully saturated rings. The molecule has 2 nitrogen and oxygen atoms in total. The van der Waals surface area contributed by atoms with E-state index in [1.165, 1.54) is 0 Å². The van der Waals surface area contributed by atoms with Crippen LogP contribution in [-0.4, -0.2) is 41.1 Å². The van der Waals surface area contributed by atoms with Crippen LogP contribution in [0.15, 0.2) is 0 Å². The molecule has 3 heteroatoms. The Bertz CT molecular complexity index is 91.6. The number of alkyl halides is 1. The predicted octanol–water partition coefficient (Wildman–Crippen LogP) is 0.838. The van der Waals surface area contributed by atoms with Crippen LogP contribution in [0.2, 0.25) is 0 Å². The largest absolute Gasteiger partial charge is 0.393 e. The van der Waals surface area contributed by atoms with Crippen LogP contribution in [0.25, 0.3) is 0 Å². The lowest BCUT2D eigenvalue weighted by Crippen LogP contribution is -2.36. The van der Waals surface area contributed by atoms with Crippen molar-refractivity contribution in [3.8, 4) is 0 Å². The number of hydrogen-bond acceptors (Lipinski definition) is 2. The van der Waals surface area contributed by atoms with Crippen LogP contribution in [0.5, 0.6) is 0 Å². The van der Waals surface area contributed by atoms with Gasteiger partial charge in [0.2, 0.25) is 0 Å². The Hall–Kier alpha value is 0.400. The maximum atomic E-state index is 9.16. The standard InChI is InChI=1S/C7H14BrNO/c8-3-6-9-4-1-7(10)2-5-9/h7,10H,1-6H2. The summed E-state index contributed by atoms with van der Waals surface area (Å²) in [6.07, 6.45) is 1.87. The SMILES string of the molecule is OC1CCN(CCBr)CC1. The smallest absolute Gasteiger partial charge is 0.0564 e. The number of aliphatic hydroxyl groups excluding tert-OH is 1. The first-order valence-corrected chi connectivity index (χ1v) is 4.91. The van der Waals surface area contributed by atoms with Crippen LogP contribution in [-0.2, 0) is 0 Å². The molecule has 0 spiro atoms. The molecule has 1 N–H and O–H groups in total. The zero-order chi connectivity index (χ0) is 7.40. The zero-order valence-corrected chi connectivity index (χ0v) is 7.68. The topological polar surface area (TPSA) is 23.5 Å². The third-order valence-corrected chi connectivity index (χ3v) is 2.31. The van der Waals surface area contributed by atoms with Gasteiger partial charge in [0, 0.05) is 25.0 Å². The molecule has 1 aliphatic rings. The van der Waals surface area contributed by atoms with Gasteiger partial charge in [-0.1, -0.05) is 15.9 Å². The third kappa shape index (κ3) is 2.56. The molecule has 0 amide bonds. The molecule has 0 aliphatic carbocycles. The van der Waals surface area contributed by atoms with Crippen molar-refractivity contribution in [1.29, 1.82) is 0 Å². The number of likely N-dealkylation sites (tertiary alicyclic amines) is 1. The van der Waals surface area contributed by atoms with E-state index < -0.39 is 0 Å². The van der Waals surface area contributed by atoms with Gasteiger partial charge in [-0.2, -0.15) is 0 Å². The van der Waals surface area contributed by atoms with E-state index in [0.29, 0.717) is 0 Å². The Morgan fingerprint density at radius 2 is 2.00 bits per heavy atom. The van der Waals surface area contributed by atoms with E-state index in [2.05, 4.69) is 20.8 Å². The van der Waals surface area contributed by atoms with Gasteiger partial charge in [-0.05, 0) is 12.8 Å². The molecule has 1 rings (SSSR count). The van der Waals surface area contributed by atoms with E-state index in [-0.39, 0.29) is 6.10 Å². The highest BCUT2D eigenvalue weighted by atomic mass is 79.9. The number of hydrogen-bond donors (Lipinski definition) is 1. The van der Waals surface area contributed by atoms with Crippen molar-refractivity contribution >= 4 is 15.9 Å². The fourth-order valence-electron chi connectivity index (χ4n) is 1.26. The molecule has 0 aromatic rings. The fraction of sp³-hybridized carbons (Fsp3) is 1.00. The van der Waals surface area contributed by atoms with Gasteiger partial charge in [-0.3, -0.25) is 0 Å². The van der Waals surface area contributed by atoms with Gasteiger partial charge in [0.15, 0.2) is 0 Å². The summed E-state index contributed by atoms with van der Waals surface area (Å²) in [7, 11) is 0. The molecule has 0 aromatic heterocycles. The first-order valence-electron chi connectivity index (χ1n) is 3.79. The van der Waals surface area contributed by atoms with Crippen molar-refractivity contribution < 1.29 is 5.11 Å². The monoisotopic (exact) mass is 207 g/mol. The Morgan fingerprint density at radius 1 is 1.40 bits per heavy atom. The molecule has 1 heterocycles. The summed E-state index contributed by atoms with van der Waals surface area (Å²) in [4.78, 5) is 2.38. The van der Waals surface area contributed by atoms with Crippen molar-refractivity contribution in [1.82, 2.24) is 4.90 Å². The van der Waals surface area contributed by atoms with Crippen LogP contribution in [0.3, 0.4) is 0 Å². The fourth-order valence-corrected chi connectivity index (χ4v) is 1.76. The summed E-state index contributed by atoms with van der Waals surface area (Å²) in [6.45, 7) is 3.24. The van der Waals surface area contributed by atoms with Crippen LogP contribution < -0.4 is 0 Å². The van der Waals surface area contributed by atoms with Crippen molar-refractivity contribution in [2.24, 2.45) is 0 Å². The summed E-state index contributed by atoms with van der Waals surface area (Å²) in [5.74, 6) is 0. The second-order valence-corrected chi connectivity index (χ2v) is 3.55. The summed E-state index contributed by atoms with van der Waals surface area (Å²) >= 11 is 3.40. The molecule has 1 saturated heterocycles. The van der Waals surface area contributed by atoms with Crippen molar-refractivity contribution in [3.63, 3.8) is 0 Å². The van der Waals surface area contributed by atoms with Crippen molar-refractivity contribution in [2.45, 2.75) is 18.9 Å². The summed E-state index contributed by atoms with van der Waals surface area (Å²) in [5, 5.41) is 10.2. The van der Waals surface area contributed by atoms with Gasteiger partial charge in [0.05, 0.1) is 6.10 Å². The van der Waals surface area contributed by atoms with E-state index >= 15 is 0 Å². The second kappa shape index (κ2) is 4.31. The minimum Gasteiger partial charge on any atom is -0.393 e. The highest BCUT2D eigenvalue weighted by molar-refractivity contribution is 9.09. The van der Waals surface area contributed by atoms with Gasteiger partial charge in [-0.15, -0.1) is 0 Å². The number of nitrogens with zero attached hydrogens (tertiary/aromatic N) is 1. The highest BCUT2D eigenvalue weighted by Gasteiger charge is 2.15. The van der Waals surface area contributed by atoms with Crippen molar-refractivity contribution in [3.05, 3.63) is 0 Å². The predicted molar refractivity (Wildman–Crippen MR) is 45.5 cm³/mol. The minimum atomic E-state index is -0.0356. The molecule has 0 saturated carbocycles. The van der Waals surface area contributed by atoms with E-state index in [0.717, 1.165) is 37.8 Å². The van der Waals surface area contributed by atoms with Gasteiger partial charge < -0.3 is 10.0 Å². The van der Waals surface area contributed by atoms with Gasteiger partial charge >= 0.3 is 0 Å². The molecule has 1 aliphatic heterocycles. The molecule has 60 valence electrons. The molecule has 0 unspecified atom stereocenters. The molecule has 10 heavy (non-hydrogen) atoms. The summed E-state index contributed by atoms with van der Waals surface area (Å²) < 4.78 is 0. The lowest BCUT2D eigenvalue weighted by molar-refractivity contribution is 0.0858. The van der Waals surface area contributed by atoms with E-state index in [4.69, 9.17) is 5.11 Å². The molecular weight excluding hydrogens is 194 g/mol. The van der Waals surface area contributed by atoms with Crippen LogP contribution in [0.1, 0.15) is 12.8 Å². The lowest BCUT2D eigenvalue weighted by atomic mass is 10.1. The summed E-state index contributed by atoms with van der Waals surface area (Å²) in [6, 6.07) is 0. The number of piperidine rings is 1. The Labute approximate surface area is 70.3 Å². The summed E-state index contributed by atoms with van der Waals surface area (Å²) in [5.41, 5.74) is 0. The first-order chi connectivity index (χ1) is 4.83. The van der Waals surface area contributed by atoms with Gasteiger partial charge in [0.25, 0.3) is 0 Å². The average molecular weight is 208 g/mol. The third-order valence-electron chi connectivity index (χ3n) is 1.96. The molecule has 0 bridgehead atoms. The maximum absolute atomic E-state index is 9.16. The average Bonchev–Trinajstić information content (AvgIpc) is 1.95. The molecular formula is C7H14BrNO. The molecule has 0 atom stereocenters. The van der Waals surface area contributed by atoms with Gasteiger partial charge in [-0.25, -0.2) is 0 Å². The van der Waals surface area contributed by atoms with Crippen LogP contribution in [0, 0.1) is 0 Å². The minimum absolute atomic E-state index is 0.0356. The zero-order valence-electron chi connectivity index (χ0n) is 6.09. The molecule has 0 radical (unpaired) electrons. The lowest BCUT2D eigenvalue weighted by Gasteiger charge is -2.28. The normalized spacial score (nSPS) is 23.4. The first kappa shape index (κ1) is 8.50. The number of halogens is 1. The van der Waals surface area contributed by atoms with E-state index in [1.807, 2.05) is 0 Å².